The van der Waals surface area contributed by atoms with Crippen molar-refractivity contribution in [3.8, 4) is 0 Å². The van der Waals surface area contributed by atoms with Gasteiger partial charge >= 0.3 is 5.97 Å². The zero-order chi connectivity index (χ0) is 20.5. The highest BCUT2D eigenvalue weighted by Gasteiger charge is 2.50. The van der Waals surface area contributed by atoms with Crippen LogP contribution in [0, 0.1) is 11.8 Å². The van der Waals surface area contributed by atoms with Crippen LogP contribution >= 0.6 is 0 Å². The van der Waals surface area contributed by atoms with Crippen molar-refractivity contribution in [1.82, 2.24) is 0 Å². The first-order valence-electron chi connectivity index (χ1n) is 10.2. The monoisotopic (exact) mass is 391 g/mol. The lowest BCUT2D eigenvalue weighted by Crippen LogP contribution is -2.30. The van der Waals surface area contributed by atoms with Gasteiger partial charge < -0.3 is 4.74 Å². The van der Waals surface area contributed by atoms with E-state index in [4.69, 9.17) is 4.74 Å². The molecule has 2 aliphatic rings. The summed E-state index contributed by atoms with van der Waals surface area (Å²) in [5.74, 6) is -0.866. The molecule has 1 aliphatic heterocycles. The van der Waals surface area contributed by atoms with Gasteiger partial charge in [-0.15, -0.1) is 0 Å². The Hall–Kier alpha value is -2.95. The van der Waals surface area contributed by atoms with Crippen LogP contribution in [0.1, 0.15) is 54.9 Å². The Balaban J connectivity index is 1.52. The summed E-state index contributed by atoms with van der Waals surface area (Å²) >= 11 is 0. The number of anilines is 1. The lowest BCUT2D eigenvalue weighted by Gasteiger charge is -2.28. The van der Waals surface area contributed by atoms with Crippen molar-refractivity contribution in [2.45, 2.75) is 45.1 Å². The Labute approximate surface area is 170 Å². The van der Waals surface area contributed by atoms with Gasteiger partial charge in [-0.05, 0) is 68.9 Å². The zero-order valence-electron chi connectivity index (χ0n) is 16.7. The Morgan fingerprint density at radius 1 is 0.931 bits per heavy atom. The van der Waals surface area contributed by atoms with Crippen LogP contribution in [0.2, 0.25) is 0 Å². The summed E-state index contributed by atoms with van der Waals surface area (Å²) in [5, 5.41) is 0. The summed E-state index contributed by atoms with van der Waals surface area (Å²) in [5.41, 5.74) is 2.16. The number of hydrogen-bond donors (Lipinski definition) is 0. The molecule has 2 aromatic carbocycles. The summed E-state index contributed by atoms with van der Waals surface area (Å²) < 4.78 is 5.19. The van der Waals surface area contributed by atoms with Crippen molar-refractivity contribution in [1.29, 1.82) is 0 Å². The first-order chi connectivity index (χ1) is 14.0. The van der Waals surface area contributed by atoms with Crippen LogP contribution in [0.15, 0.2) is 54.6 Å². The average molecular weight is 391 g/mol. The molecule has 1 heterocycles. The molecule has 0 spiro atoms. The van der Waals surface area contributed by atoms with E-state index in [1.807, 2.05) is 18.2 Å². The first kappa shape index (κ1) is 19.4. The average Bonchev–Trinajstić information content (AvgIpc) is 2.98. The van der Waals surface area contributed by atoms with Gasteiger partial charge in [-0.3, -0.25) is 14.5 Å². The summed E-state index contributed by atoms with van der Waals surface area (Å²) in [6, 6.07) is 16.7. The number of benzene rings is 2. The van der Waals surface area contributed by atoms with Crippen molar-refractivity contribution >= 4 is 23.5 Å². The highest BCUT2D eigenvalue weighted by molar-refractivity contribution is 6.22. The fraction of sp³-hybridized carbons (Fsp3) is 0.375. The maximum atomic E-state index is 13.1. The third-order valence-corrected chi connectivity index (χ3v) is 5.90. The number of esters is 1. The predicted octanol–water partition coefficient (Wildman–Crippen LogP) is 4.33. The van der Waals surface area contributed by atoms with E-state index in [0.717, 1.165) is 12.8 Å². The summed E-state index contributed by atoms with van der Waals surface area (Å²) in [6.07, 6.45) is 2.14. The number of ether oxygens (including phenoxy) is 1. The van der Waals surface area contributed by atoms with Crippen molar-refractivity contribution in [3.63, 3.8) is 0 Å². The molecule has 1 saturated heterocycles. The van der Waals surface area contributed by atoms with Gasteiger partial charge in [0.2, 0.25) is 11.8 Å². The van der Waals surface area contributed by atoms with Crippen LogP contribution in [-0.4, -0.2) is 23.9 Å². The lowest BCUT2D eigenvalue weighted by atomic mass is 9.73. The largest absolute Gasteiger partial charge is 0.459 e. The van der Waals surface area contributed by atoms with Gasteiger partial charge in [-0.25, -0.2) is 4.79 Å². The van der Waals surface area contributed by atoms with Gasteiger partial charge in [-0.2, -0.15) is 0 Å². The number of carbonyl (C=O) groups is 3. The zero-order valence-corrected chi connectivity index (χ0v) is 16.7. The van der Waals surface area contributed by atoms with Crippen LogP contribution in [0.5, 0.6) is 0 Å². The third-order valence-electron chi connectivity index (χ3n) is 5.90. The van der Waals surface area contributed by atoms with Crippen molar-refractivity contribution < 1.29 is 19.1 Å². The number of nitrogens with zero attached hydrogens (tertiary/aromatic N) is 1. The molecule has 2 fully saturated rings. The predicted molar refractivity (Wildman–Crippen MR) is 110 cm³/mol. The van der Waals surface area contributed by atoms with E-state index in [-0.39, 0.29) is 29.8 Å². The van der Waals surface area contributed by atoms with Crippen LogP contribution in [0.3, 0.4) is 0 Å². The van der Waals surface area contributed by atoms with Gasteiger partial charge in [0, 0.05) is 0 Å². The minimum Gasteiger partial charge on any atom is -0.459 e. The van der Waals surface area contributed by atoms with Crippen molar-refractivity contribution in [3.05, 3.63) is 65.7 Å². The van der Waals surface area contributed by atoms with Crippen LogP contribution in [0.25, 0.3) is 0 Å². The van der Waals surface area contributed by atoms with E-state index in [2.05, 4.69) is 12.1 Å². The molecular weight excluding hydrogens is 366 g/mol. The Morgan fingerprint density at radius 3 is 2.24 bits per heavy atom. The maximum Gasteiger partial charge on any atom is 0.338 e. The summed E-state index contributed by atoms with van der Waals surface area (Å²) in [7, 11) is 0. The van der Waals surface area contributed by atoms with Gasteiger partial charge in [0.15, 0.2) is 0 Å². The van der Waals surface area contributed by atoms with E-state index in [1.165, 1.54) is 10.5 Å². The van der Waals surface area contributed by atoms with Crippen LogP contribution in [-0.2, 0) is 14.3 Å². The molecule has 0 bridgehead atoms. The second-order valence-corrected chi connectivity index (χ2v) is 8.15. The fourth-order valence-corrected chi connectivity index (χ4v) is 4.49. The molecular formula is C24H25NO4. The molecule has 3 unspecified atom stereocenters. The highest BCUT2D eigenvalue weighted by Crippen LogP contribution is 2.45. The minimum absolute atomic E-state index is 0.121. The van der Waals surface area contributed by atoms with Crippen molar-refractivity contribution in [2.75, 3.05) is 4.90 Å². The number of carbonyl (C=O) groups excluding carboxylic acids is 3. The molecule has 1 saturated carbocycles. The highest BCUT2D eigenvalue weighted by atomic mass is 16.5. The standard InChI is InChI=1S/C24H25NO4/c1-15(2)29-24(28)17-8-11-19(12-9-17)25-22(26)20-13-10-18(14-21(20)23(25)27)16-6-4-3-5-7-16/h3-9,11-12,15,18,20-21H,10,13-14H2,1-2H3. The topological polar surface area (TPSA) is 63.7 Å². The van der Waals surface area contributed by atoms with E-state index in [0.29, 0.717) is 23.6 Å². The summed E-state index contributed by atoms with van der Waals surface area (Å²) in [4.78, 5) is 39.4. The molecule has 3 atom stereocenters. The first-order valence-corrected chi connectivity index (χ1v) is 10.2. The summed E-state index contributed by atoms with van der Waals surface area (Å²) in [6.45, 7) is 3.58. The fourth-order valence-electron chi connectivity index (χ4n) is 4.49. The minimum atomic E-state index is -0.412. The van der Waals surface area contributed by atoms with E-state index in [9.17, 15) is 14.4 Å². The normalized spacial score (nSPS) is 24.0. The molecule has 2 aromatic rings. The smallest absolute Gasteiger partial charge is 0.338 e. The van der Waals surface area contributed by atoms with E-state index >= 15 is 0 Å². The quantitative estimate of drug-likeness (QED) is 0.575. The molecule has 5 nitrogen and oxygen atoms in total. The van der Waals surface area contributed by atoms with Crippen LogP contribution < -0.4 is 4.90 Å². The number of fused-ring (bicyclic) bond motifs is 1. The Kier molecular flexibility index (Phi) is 5.22. The number of amides is 2. The molecule has 0 N–H and O–H groups in total. The van der Waals surface area contributed by atoms with Gasteiger partial charge in [0.25, 0.3) is 0 Å². The number of imide groups is 1. The molecule has 0 radical (unpaired) electrons. The molecule has 4 rings (SSSR count). The molecule has 150 valence electrons. The lowest BCUT2D eigenvalue weighted by molar-refractivity contribution is -0.122. The maximum absolute atomic E-state index is 13.1. The Morgan fingerprint density at radius 2 is 1.59 bits per heavy atom. The molecule has 29 heavy (non-hydrogen) atoms. The molecule has 2 amide bonds. The van der Waals surface area contributed by atoms with Crippen molar-refractivity contribution in [2.24, 2.45) is 11.8 Å². The van der Waals surface area contributed by atoms with E-state index in [1.54, 1.807) is 38.1 Å². The second-order valence-electron chi connectivity index (χ2n) is 8.15. The molecule has 0 aromatic heterocycles. The van der Waals surface area contributed by atoms with Gasteiger partial charge in [0.05, 0.1) is 29.2 Å². The van der Waals surface area contributed by atoms with Gasteiger partial charge in [-0.1, -0.05) is 30.3 Å². The van der Waals surface area contributed by atoms with Crippen LogP contribution in [0.4, 0.5) is 5.69 Å². The number of hydrogen-bond acceptors (Lipinski definition) is 4. The van der Waals surface area contributed by atoms with Gasteiger partial charge in [0.1, 0.15) is 0 Å². The molecule has 5 heteroatoms. The SMILES string of the molecule is CC(C)OC(=O)c1ccc(N2C(=O)C3CCC(c4ccccc4)CC3C2=O)cc1. The Bertz CT molecular complexity index is 920. The number of rotatable bonds is 4. The second kappa shape index (κ2) is 7.82. The third kappa shape index (κ3) is 3.69. The van der Waals surface area contributed by atoms with E-state index < -0.39 is 5.97 Å². The molecule has 1 aliphatic carbocycles.